The van der Waals surface area contributed by atoms with Gasteiger partial charge in [0.25, 0.3) is 8.32 Å². The van der Waals surface area contributed by atoms with Crippen molar-refractivity contribution >= 4 is 42.6 Å². The van der Waals surface area contributed by atoms with Gasteiger partial charge in [0, 0.05) is 27.7 Å². The molecule has 258 valence electrons. The van der Waals surface area contributed by atoms with Crippen LogP contribution in [0.5, 0.6) is 0 Å². The monoisotopic (exact) mass is 681 g/mol. The summed E-state index contributed by atoms with van der Waals surface area (Å²) in [4.78, 5) is 47.8. The number of carbonyl (C=O) groups excluding carboxylic acids is 4. The number of hydrogen-bond acceptors (Lipinski definition) is 12. The standard InChI is InChI=1S/C35H43NO11Si/c1-23(37)42-22-30-31(44-24(2)38)32(45-25(3)39)33(46-26(4)40)34(47-30)41-19-18-27(20-36)21-43-48(35(5,6)7,28-14-10-8-11-15-28)29-16-12-9-13-17-29/h8-18,30-34H,19,21-22H2,1-7H3/b27-18+/t30-,31-,32+,33-,34-/m1/s1. The molecule has 0 unspecified atom stereocenters. The van der Waals surface area contributed by atoms with Crippen molar-refractivity contribution in [1.29, 1.82) is 5.26 Å². The largest absolute Gasteiger partial charge is 0.463 e. The molecule has 2 aromatic rings. The summed E-state index contributed by atoms with van der Waals surface area (Å²) < 4.78 is 40.2. The van der Waals surface area contributed by atoms with E-state index in [1.807, 2.05) is 60.7 Å². The van der Waals surface area contributed by atoms with Crippen molar-refractivity contribution in [3.63, 3.8) is 0 Å². The first kappa shape index (κ1) is 38.1. The molecule has 13 heteroatoms. The quantitative estimate of drug-likeness (QED) is 0.132. The lowest BCUT2D eigenvalue weighted by atomic mass is 9.98. The van der Waals surface area contributed by atoms with E-state index in [1.54, 1.807) is 0 Å². The first-order valence-electron chi connectivity index (χ1n) is 15.5. The van der Waals surface area contributed by atoms with Gasteiger partial charge < -0.3 is 32.8 Å². The average Bonchev–Trinajstić information content (AvgIpc) is 3.01. The number of rotatable bonds is 13. The zero-order valence-corrected chi connectivity index (χ0v) is 29.3. The molecule has 0 aromatic heterocycles. The maximum Gasteiger partial charge on any atom is 0.303 e. The highest BCUT2D eigenvalue weighted by Crippen LogP contribution is 2.37. The van der Waals surface area contributed by atoms with E-state index in [-0.39, 0.29) is 30.4 Å². The van der Waals surface area contributed by atoms with E-state index < -0.39 is 62.9 Å². The van der Waals surface area contributed by atoms with Crippen molar-refractivity contribution in [3.05, 3.63) is 72.3 Å². The Labute approximate surface area is 282 Å². The van der Waals surface area contributed by atoms with E-state index in [2.05, 4.69) is 26.8 Å². The van der Waals surface area contributed by atoms with Gasteiger partial charge in [-0.1, -0.05) is 81.4 Å². The van der Waals surface area contributed by atoms with Crippen LogP contribution in [0.4, 0.5) is 0 Å². The van der Waals surface area contributed by atoms with Crippen LogP contribution < -0.4 is 10.4 Å². The summed E-state index contributed by atoms with van der Waals surface area (Å²) in [6.07, 6.45) is -5.06. The molecule has 0 amide bonds. The summed E-state index contributed by atoms with van der Waals surface area (Å²) in [6.45, 7) is 10.4. The third kappa shape index (κ3) is 9.83. The number of esters is 4. The Bertz CT molecular complexity index is 1440. The smallest absolute Gasteiger partial charge is 0.303 e. The summed E-state index contributed by atoms with van der Waals surface area (Å²) in [5.74, 6) is -2.88. The van der Waals surface area contributed by atoms with Crippen LogP contribution in [-0.4, -0.2) is 82.7 Å². The Kier molecular flexibility index (Phi) is 13.6. The van der Waals surface area contributed by atoms with E-state index in [0.29, 0.717) is 0 Å². The van der Waals surface area contributed by atoms with Crippen molar-refractivity contribution in [3.8, 4) is 6.07 Å². The maximum absolute atomic E-state index is 12.1. The number of benzene rings is 2. The number of nitriles is 1. The van der Waals surface area contributed by atoms with E-state index in [0.717, 1.165) is 31.1 Å². The minimum atomic E-state index is -2.95. The molecule has 2 aromatic carbocycles. The van der Waals surface area contributed by atoms with Crippen LogP contribution in [0.3, 0.4) is 0 Å². The topological polar surface area (TPSA) is 157 Å². The van der Waals surface area contributed by atoms with Crippen LogP contribution >= 0.6 is 0 Å². The molecule has 3 rings (SSSR count). The van der Waals surface area contributed by atoms with Crippen molar-refractivity contribution in [2.75, 3.05) is 19.8 Å². The van der Waals surface area contributed by atoms with Gasteiger partial charge in [0.15, 0.2) is 24.6 Å². The highest BCUT2D eigenvalue weighted by molar-refractivity contribution is 6.99. The lowest BCUT2D eigenvalue weighted by Gasteiger charge is -2.44. The molecule has 5 atom stereocenters. The predicted molar refractivity (Wildman–Crippen MR) is 175 cm³/mol. The molecule has 1 aliphatic heterocycles. The van der Waals surface area contributed by atoms with Crippen LogP contribution in [0, 0.1) is 11.3 Å². The fraction of sp³-hybridized carbons (Fsp3) is 0.457. The molecule has 0 radical (unpaired) electrons. The number of nitrogens with zero attached hydrogens (tertiary/aromatic N) is 1. The second-order valence-corrected chi connectivity index (χ2v) is 16.5. The average molecular weight is 682 g/mol. The molecule has 1 heterocycles. The number of ether oxygens (including phenoxy) is 6. The maximum atomic E-state index is 12.1. The van der Waals surface area contributed by atoms with Crippen LogP contribution in [0.1, 0.15) is 48.5 Å². The minimum Gasteiger partial charge on any atom is -0.463 e. The lowest BCUT2D eigenvalue weighted by molar-refractivity contribution is -0.306. The summed E-state index contributed by atoms with van der Waals surface area (Å²) in [5, 5.41) is 11.9. The van der Waals surface area contributed by atoms with Crippen molar-refractivity contribution in [2.24, 2.45) is 0 Å². The molecule has 0 spiro atoms. The Morgan fingerprint density at radius 2 is 1.29 bits per heavy atom. The number of carbonyl (C=O) groups is 4. The lowest BCUT2D eigenvalue weighted by Crippen LogP contribution is -2.66. The van der Waals surface area contributed by atoms with E-state index in [9.17, 15) is 24.4 Å². The van der Waals surface area contributed by atoms with Crippen LogP contribution in [0.2, 0.25) is 5.04 Å². The second-order valence-electron chi connectivity index (χ2n) is 12.2. The van der Waals surface area contributed by atoms with Crippen molar-refractivity contribution < 1.29 is 52.0 Å². The van der Waals surface area contributed by atoms with E-state index in [1.165, 1.54) is 13.0 Å². The Balaban J connectivity index is 1.92. The number of hydrogen-bond donors (Lipinski definition) is 0. The predicted octanol–water partition coefficient (Wildman–Crippen LogP) is 3.11. The first-order chi connectivity index (χ1) is 22.7. The molecule has 48 heavy (non-hydrogen) atoms. The summed E-state index contributed by atoms with van der Waals surface area (Å²) in [6, 6.07) is 22.2. The van der Waals surface area contributed by atoms with E-state index >= 15 is 0 Å². The SMILES string of the molecule is CC(=O)OC[C@H]1O[C@@H](OC/C=C(\C#N)CO[Si](c2ccccc2)(c2ccccc2)C(C)(C)C)[C@H](OC(C)=O)[C@@H](OC(C)=O)[C@@H]1OC(C)=O. The molecule has 12 nitrogen and oxygen atoms in total. The van der Waals surface area contributed by atoms with Crippen LogP contribution in [-0.2, 0) is 52.0 Å². The van der Waals surface area contributed by atoms with E-state index in [4.69, 9.17) is 32.8 Å². The fourth-order valence-electron chi connectivity index (χ4n) is 5.65. The first-order valence-corrected chi connectivity index (χ1v) is 17.4. The fourth-order valence-corrected chi connectivity index (χ4v) is 10.2. The van der Waals surface area contributed by atoms with Gasteiger partial charge in [-0.2, -0.15) is 5.26 Å². The molecule has 1 fully saturated rings. The normalized spacial score (nSPS) is 21.4. The van der Waals surface area contributed by atoms with Gasteiger partial charge in [-0.05, 0) is 21.5 Å². The molecule has 0 aliphatic carbocycles. The molecule has 0 bridgehead atoms. The molecular formula is C35H43NO11Si. The Morgan fingerprint density at radius 1 is 0.792 bits per heavy atom. The van der Waals surface area contributed by atoms with Gasteiger partial charge in [0.2, 0.25) is 0 Å². The van der Waals surface area contributed by atoms with Gasteiger partial charge in [0.05, 0.1) is 24.9 Å². The summed E-state index contributed by atoms with van der Waals surface area (Å²) in [7, 11) is -2.95. The highest BCUT2D eigenvalue weighted by atomic mass is 28.4. The third-order valence-corrected chi connectivity index (χ3v) is 12.5. The van der Waals surface area contributed by atoms with Gasteiger partial charge in [0.1, 0.15) is 12.7 Å². The van der Waals surface area contributed by atoms with Gasteiger partial charge in [-0.15, -0.1) is 0 Å². The van der Waals surface area contributed by atoms with Crippen molar-refractivity contribution in [2.45, 2.75) is 84.2 Å². The molecule has 1 aliphatic rings. The Hall–Kier alpha value is -4.35. The van der Waals surface area contributed by atoms with Crippen LogP contribution in [0.15, 0.2) is 72.3 Å². The highest BCUT2D eigenvalue weighted by Gasteiger charge is 2.53. The molecule has 0 saturated carbocycles. The van der Waals surface area contributed by atoms with Crippen molar-refractivity contribution in [1.82, 2.24) is 0 Å². The second kappa shape index (κ2) is 17.2. The molecule has 1 saturated heterocycles. The van der Waals surface area contributed by atoms with Gasteiger partial charge >= 0.3 is 23.9 Å². The van der Waals surface area contributed by atoms with Gasteiger partial charge in [-0.25, -0.2) is 0 Å². The zero-order chi connectivity index (χ0) is 35.5. The zero-order valence-electron chi connectivity index (χ0n) is 28.3. The minimum absolute atomic E-state index is 0.0221. The molecular weight excluding hydrogens is 638 g/mol. The Morgan fingerprint density at radius 3 is 1.75 bits per heavy atom. The third-order valence-electron chi connectivity index (χ3n) is 7.54. The summed E-state index contributed by atoms with van der Waals surface area (Å²) in [5.41, 5.74) is 0.272. The van der Waals surface area contributed by atoms with Gasteiger partial charge in [-0.3, -0.25) is 19.2 Å². The molecule has 0 N–H and O–H groups in total. The summed E-state index contributed by atoms with van der Waals surface area (Å²) >= 11 is 0. The van der Waals surface area contributed by atoms with Crippen LogP contribution in [0.25, 0.3) is 0 Å².